The number of halogens is 2. The van der Waals surface area contributed by atoms with Crippen molar-refractivity contribution in [3.8, 4) is 5.88 Å². The van der Waals surface area contributed by atoms with Crippen LogP contribution >= 0.6 is 23.2 Å². The molecule has 5 nitrogen and oxygen atoms in total. The molecule has 1 aromatic heterocycles. The molecule has 0 saturated heterocycles. The van der Waals surface area contributed by atoms with E-state index in [2.05, 4.69) is 10.4 Å². The molecule has 0 radical (unpaired) electrons. The lowest BCUT2D eigenvalue weighted by Crippen LogP contribution is -2.13. The van der Waals surface area contributed by atoms with E-state index >= 15 is 0 Å². The van der Waals surface area contributed by atoms with Gasteiger partial charge in [0.15, 0.2) is 5.82 Å². The molecule has 0 unspecified atom stereocenters. The van der Waals surface area contributed by atoms with Gasteiger partial charge in [-0.2, -0.15) is 4.98 Å². The molecule has 3 N–H and O–H groups in total. The number of nitrogen functional groups attached to an aromatic ring is 1. The minimum atomic E-state index is 0.161. The van der Waals surface area contributed by atoms with E-state index in [1.807, 2.05) is 13.8 Å². The van der Waals surface area contributed by atoms with Crippen molar-refractivity contribution in [1.82, 2.24) is 4.98 Å². The van der Waals surface area contributed by atoms with E-state index in [4.69, 9.17) is 38.5 Å². The first-order valence-corrected chi connectivity index (χ1v) is 5.87. The molecule has 0 aliphatic carbocycles. The van der Waals surface area contributed by atoms with Crippen LogP contribution < -0.4 is 16.0 Å². The molecule has 0 aliphatic rings. The molecule has 0 aromatic carbocycles. The van der Waals surface area contributed by atoms with Crippen LogP contribution in [0.5, 0.6) is 5.88 Å². The molecule has 17 heavy (non-hydrogen) atoms. The number of nitrogens with one attached hydrogen (secondary N) is 1. The highest BCUT2D eigenvalue weighted by atomic mass is 35.5. The third kappa shape index (κ3) is 4.55. The monoisotopic (exact) mass is 279 g/mol. The zero-order chi connectivity index (χ0) is 12.8. The lowest BCUT2D eigenvalue weighted by atomic mass is 10.4. The van der Waals surface area contributed by atoms with Gasteiger partial charge in [0, 0.05) is 0 Å². The first kappa shape index (κ1) is 14.3. The van der Waals surface area contributed by atoms with E-state index in [9.17, 15) is 0 Å². The summed E-state index contributed by atoms with van der Waals surface area (Å²) < 4.78 is 10.7. The van der Waals surface area contributed by atoms with Gasteiger partial charge in [-0.05, 0) is 19.9 Å². The Morgan fingerprint density at radius 2 is 2.06 bits per heavy atom. The molecular weight excluding hydrogens is 265 g/mol. The van der Waals surface area contributed by atoms with Gasteiger partial charge in [0.25, 0.3) is 0 Å². The average Bonchev–Trinajstić information content (AvgIpc) is 2.26. The summed E-state index contributed by atoms with van der Waals surface area (Å²) in [4.78, 5) is 4.03. The SMILES string of the molecule is CC(C)OCCOc1nc(NN)c(Cl)cc1Cl. The van der Waals surface area contributed by atoms with Gasteiger partial charge in [0.1, 0.15) is 11.6 Å². The largest absolute Gasteiger partial charge is 0.474 e. The third-order valence-electron chi connectivity index (χ3n) is 1.81. The summed E-state index contributed by atoms with van der Waals surface area (Å²) in [5.74, 6) is 5.83. The van der Waals surface area contributed by atoms with Crippen molar-refractivity contribution in [3.63, 3.8) is 0 Å². The fourth-order valence-corrected chi connectivity index (χ4v) is 1.54. The Kier molecular flexibility index (Phi) is 5.77. The van der Waals surface area contributed by atoms with Crippen LogP contribution in [0.15, 0.2) is 6.07 Å². The number of hydrazine groups is 1. The van der Waals surface area contributed by atoms with Crippen LogP contribution in [0.3, 0.4) is 0 Å². The minimum Gasteiger partial charge on any atom is -0.474 e. The first-order chi connectivity index (χ1) is 8.04. The van der Waals surface area contributed by atoms with Gasteiger partial charge in [0.05, 0.1) is 17.7 Å². The highest BCUT2D eigenvalue weighted by Crippen LogP contribution is 2.30. The summed E-state index contributed by atoms with van der Waals surface area (Å²) in [6.45, 7) is 4.72. The van der Waals surface area contributed by atoms with Crippen LogP contribution in [0.2, 0.25) is 10.0 Å². The van der Waals surface area contributed by atoms with Crippen LogP contribution in [0.25, 0.3) is 0 Å². The van der Waals surface area contributed by atoms with Crippen molar-refractivity contribution < 1.29 is 9.47 Å². The molecule has 0 aliphatic heterocycles. The number of nitrogens with two attached hydrogens (primary N) is 1. The Balaban J connectivity index is 2.58. The van der Waals surface area contributed by atoms with Crippen molar-refractivity contribution in [2.24, 2.45) is 5.84 Å². The number of nitrogens with zero attached hydrogens (tertiary/aromatic N) is 1. The average molecular weight is 280 g/mol. The van der Waals surface area contributed by atoms with Gasteiger partial charge >= 0.3 is 0 Å². The molecular formula is C10H15Cl2N3O2. The number of rotatable bonds is 6. The zero-order valence-corrected chi connectivity index (χ0v) is 11.2. The maximum absolute atomic E-state index is 5.92. The molecule has 0 amide bonds. The van der Waals surface area contributed by atoms with Gasteiger partial charge < -0.3 is 14.9 Å². The Hall–Kier alpha value is -0.750. The van der Waals surface area contributed by atoms with E-state index in [1.54, 1.807) is 0 Å². The second-order valence-electron chi connectivity index (χ2n) is 3.52. The number of hydrogen-bond acceptors (Lipinski definition) is 5. The predicted molar refractivity (Wildman–Crippen MR) is 68.7 cm³/mol. The van der Waals surface area contributed by atoms with Gasteiger partial charge in [-0.1, -0.05) is 23.2 Å². The fraction of sp³-hybridized carbons (Fsp3) is 0.500. The van der Waals surface area contributed by atoms with Crippen LogP contribution in [0, 0.1) is 0 Å². The molecule has 0 saturated carbocycles. The van der Waals surface area contributed by atoms with E-state index in [0.29, 0.717) is 29.1 Å². The molecule has 1 rings (SSSR count). The summed E-state index contributed by atoms with van der Waals surface area (Å²) in [6.07, 6.45) is 0.161. The smallest absolute Gasteiger partial charge is 0.234 e. The summed E-state index contributed by atoms with van der Waals surface area (Å²) >= 11 is 11.8. The normalized spacial score (nSPS) is 10.7. The van der Waals surface area contributed by atoms with E-state index in [-0.39, 0.29) is 12.0 Å². The summed E-state index contributed by atoms with van der Waals surface area (Å²) in [5.41, 5.74) is 2.36. The topological polar surface area (TPSA) is 69.4 Å². The molecule has 0 fully saturated rings. The fourth-order valence-electron chi connectivity index (χ4n) is 1.07. The van der Waals surface area contributed by atoms with Gasteiger partial charge in [-0.3, -0.25) is 0 Å². The highest BCUT2D eigenvalue weighted by molar-refractivity contribution is 6.36. The van der Waals surface area contributed by atoms with Crippen LogP contribution in [-0.4, -0.2) is 24.3 Å². The maximum atomic E-state index is 5.92. The molecule has 1 heterocycles. The number of hydrogen-bond donors (Lipinski definition) is 2. The lowest BCUT2D eigenvalue weighted by Gasteiger charge is -2.11. The van der Waals surface area contributed by atoms with Gasteiger partial charge in [-0.15, -0.1) is 0 Å². The predicted octanol–water partition coefficient (Wildman–Crippen LogP) is 2.48. The van der Waals surface area contributed by atoms with Crippen molar-refractivity contribution in [3.05, 3.63) is 16.1 Å². The Bertz CT molecular complexity index is 375. The molecule has 96 valence electrons. The number of ether oxygens (including phenoxy) is 2. The number of aromatic nitrogens is 1. The molecule has 0 atom stereocenters. The molecule has 0 bridgehead atoms. The molecule has 7 heteroatoms. The Labute approximate surface area is 110 Å². The van der Waals surface area contributed by atoms with Crippen molar-refractivity contribution in [2.75, 3.05) is 18.6 Å². The molecule has 0 spiro atoms. The summed E-state index contributed by atoms with van der Waals surface area (Å²) in [6, 6.07) is 1.52. The summed E-state index contributed by atoms with van der Waals surface area (Å²) in [7, 11) is 0. The third-order valence-corrected chi connectivity index (χ3v) is 2.37. The van der Waals surface area contributed by atoms with E-state index in [0.717, 1.165) is 0 Å². The number of pyridine rings is 1. The lowest BCUT2D eigenvalue weighted by molar-refractivity contribution is 0.0543. The number of anilines is 1. The second-order valence-corrected chi connectivity index (χ2v) is 4.33. The Morgan fingerprint density at radius 1 is 1.35 bits per heavy atom. The van der Waals surface area contributed by atoms with Gasteiger partial charge in [-0.25, -0.2) is 5.84 Å². The van der Waals surface area contributed by atoms with Gasteiger partial charge in [0.2, 0.25) is 5.88 Å². The van der Waals surface area contributed by atoms with Crippen LogP contribution in [-0.2, 0) is 4.74 Å². The maximum Gasteiger partial charge on any atom is 0.234 e. The van der Waals surface area contributed by atoms with Crippen molar-refractivity contribution in [2.45, 2.75) is 20.0 Å². The summed E-state index contributed by atoms with van der Waals surface area (Å²) in [5, 5.41) is 0.668. The minimum absolute atomic E-state index is 0.161. The first-order valence-electron chi connectivity index (χ1n) is 5.11. The quantitative estimate of drug-likeness (QED) is 0.476. The Morgan fingerprint density at radius 3 is 2.65 bits per heavy atom. The molecule has 1 aromatic rings. The highest BCUT2D eigenvalue weighted by Gasteiger charge is 2.09. The van der Waals surface area contributed by atoms with Crippen LogP contribution in [0.4, 0.5) is 5.82 Å². The van der Waals surface area contributed by atoms with E-state index < -0.39 is 0 Å². The van der Waals surface area contributed by atoms with Crippen molar-refractivity contribution in [1.29, 1.82) is 0 Å². The second kappa shape index (κ2) is 6.86. The van der Waals surface area contributed by atoms with Crippen molar-refractivity contribution >= 4 is 29.0 Å². The zero-order valence-electron chi connectivity index (χ0n) is 9.67. The standard InChI is InChI=1S/C10H15Cl2N3O2/c1-6(2)16-3-4-17-10-8(12)5-7(11)9(14-10)15-13/h5-6H,3-4,13H2,1-2H3,(H,14,15). The van der Waals surface area contributed by atoms with E-state index in [1.165, 1.54) is 6.07 Å². The van der Waals surface area contributed by atoms with Crippen LogP contribution in [0.1, 0.15) is 13.8 Å².